The number of hydrogen-bond acceptors (Lipinski definition) is 2. The van der Waals surface area contributed by atoms with Crippen LogP contribution in [0, 0.1) is 5.92 Å². The first-order valence-electron chi connectivity index (χ1n) is 5.98. The molecule has 0 unspecified atom stereocenters. The van der Waals surface area contributed by atoms with Crippen LogP contribution in [0.15, 0.2) is 22.7 Å². The molecule has 1 aromatic rings. The first kappa shape index (κ1) is 13.7. The molecule has 0 radical (unpaired) electrons. The van der Waals surface area contributed by atoms with E-state index in [1.807, 2.05) is 12.1 Å². The van der Waals surface area contributed by atoms with Crippen molar-refractivity contribution in [3.05, 3.63) is 33.3 Å². The molecule has 1 aromatic carbocycles. The van der Waals surface area contributed by atoms with E-state index >= 15 is 0 Å². The molecule has 1 saturated heterocycles. The average molecular weight is 335 g/mol. The van der Waals surface area contributed by atoms with E-state index in [2.05, 4.69) is 39.1 Å². The molecular formula is C13H17BrClNS. The molecule has 0 atom stereocenters. The van der Waals surface area contributed by atoms with E-state index in [9.17, 15) is 0 Å². The molecule has 17 heavy (non-hydrogen) atoms. The normalized spacial score (nSPS) is 17.3. The second kappa shape index (κ2) is 7.03. The standard InChI is InChI=1S/C13H17BrClNS/c14-12-2-1-11(7-13(12)15)9-16-8-10-3-5-17-6-4-10/h1-2,7,10,16H,3-6,8-9H2. The van der Waals surface area contributed by atoms with Gasteiger partial charge in [-0.15, -0.1) is 0 Å². The molecule has 0 amide bonds. The highest BCUT2D eigenvalue weighted by Crippen LogP contribution is 2.24. The number of thioether (sulfide) groups is 1. The van der Waals surface area contributed by atoms with Gasteiger partial charge in [-0.1, -0.05) is 17.7 Å². The predicted molar refractivity (Wildman–Crippen MR) is 80.9 cm³/mol. The first-order chi connectivity index (χ1) is 8.25. The summed E-state index contributed by atoms with van der Waals surface area (Å²) in [4.78, 5) is 0. The SMILES string of the molecule is Clc1cc(CNCC2CCSCC2)ccc1Br. The van der Waals surface area contributed by atoms with Crippen LogP contribution in [-0.4, -0.2) is 18.1 Å². The van der Waals surface area contributed by atoms with Gasteiger partial charge in [-0.05, 0) is 70.4 Å². The highest BCUT2D eigenvalue weighted by Gasteiger charge is 2.12. The minimum Gasteiger partial charge on any atom is -0.312 e. The van der Waals surface area contributed by atoms with Crippen LogP contribution in [0.5, 0.6) is 0 Å². The van der Waals surface area contributed by atoms with E-state index in [1.165, 1.54) is 29.9 Å². The number of rotatable bonds is 4. The fourth-order valence-electron chi connectivity index (χ4n) is 2.02. The average Bonchev–Trinajstić information content (AvgIpc) is 2.35. The van der Waals surface area contributed by atoms with E-state index in [-0.39, 0.29) is 0 Å². The summed E-state index contributed by atoms with van der Waals surface area (Å²) >= 11 is 11.6. The molecule has 94 valence electrons. The van der Waals surface area contributed by atoms with Gasteiger partial charge >= 0.3 is 0 Å². The van der Waals surface area contributed by atoms with Crippen molar-refractivity contribution in [1.29, 1.82) is 0 Å². The Kier molecular flexibility index (Phi) is 5.67. The van der Waals surface area contributed by atoms with Gasteiger partial charge in [0.25, 0.3) is 0 Å². The summed E-state index contributed by atoms with van der Waals surface area (Å²) in [6.45, 7) is 2.05. The molecule has 0 aliphatic carbocycles. The maximum absolute atomic E-state index is 6.06. The Bertz CT molecular complexity index is 366. The van der Waals surface area contributed by atoms with Crippen LogP contribution < -0.4 is 5.32 Å². The highest BCUT2D eigenvalue weighted by atomic mass is 79.9. The van der Waals surface area contributed by atoms with Crippen molar-refractivity contribution in [2.24, 2.45) is 5.92 Å². The van der Waals surface area contributed by atoms with E-state index in [0.29, 0.717) is 0 Å². The Balaban J connectivity index is 1.75. The largest absolute Gasteiger partial charge is 0.312 e. The molecule has 0 bridgehead atoms. The monoisotopic (exact) mass is 333 g/mol. The van der Waals surface area contributed by atoms with Crippen molar-refractivity contribution in [3.8, 4) is 0 Å². The highest BCUT2D eigenvalue weighted by molar-refractivity contribution is 9.10. The minimum absolute atomic E-state index is 0.790. The maximum Gasteiger partial charge on any atom is 0.0551 e. The van der Waals surface area contributed by atoms with E-state index in [1.54, 1.807) is 0 Å². The molecule has 0 spiro atoms. The molecule has 2 rings (SSSR count). The Morgan fingerprint density at radius 1 is 1.35 bits per heavy atom. The molecule has 0 saturated carbocycles. The Morgan fingerprint density at radius 2 is 2.12 bits per heavy atom. The molecule has 1 nitrogen and oxygen atoms in total. The summed E-state index contributed by atoms with van der Waals surface area (Å²) in [6, 6.07) is 6.14. The summed E-state index contributed by atoms with van der Waals surface area (Å²) in [7, 11) is 0. The van der Waals surface area contributed by atoms with Crippen LogP contribution >= 0.6 is 39.3 Å². The number of nitrogens with one attached hydrogen (secondary N) is 1. The van der Waals surface area contributed by atoms with Gasteiger partial charge in [-0.3, -0.25) is 0 Å². The molecule has 1 heterocycles. The zero-order chi connectivity index (χ0) is 12.1. The molecule has 4 heteroatoms. The lowest BCUT2D eigenvalue weighted by Gasteiger charge is -2.21. The fourth-order valence-corrected chi connectivity index (χ4v) is 3.67. The van der Waals surface area contributed by atoms with Crippen molar-refractivity contribution in [2.45, 2.75) is 19.4 Å². The Morgan fingerprint density at radius 3 is 2.82 bits per heavy atom. The third-order valence-electron chi connectivity index (χ3n) is 3.09. The van der Waals surface area contributed by atoms with Crippen LogP contribution in [0.1, 0.15) is 18.4 Å². The second-order valence-corrected chi connectivity index (χ2v) is 6.92. The van der Waals surface area contributed by atoms with Crippen molar-refractivity contribution < 1.29 is 0 Å². The third-order valence-corrected chi connectivity index (χ3v) is 5.37. The Hall–Kier alpha value is 0.300. The van der Waals surface area contributed by atoms with Crippen molar-refractivity contribution in [2.75, 3.05) is 18.1 Å². The quantitative estimate of drug-likeness (QED) is 0.879. The van der Waals surface area contributed by atoms with E-state index in [4.69, 9.17) is 11.6 Å². The first-order valence-corrected chi connectivity index (χ1v) is 8.30. The summed E-state index contributed by atoms with van der Waals surface area (Å²) < 4.78 is 0.965. The lowest BCUT2D eigenvalue weighted by molar-refractivity contribution is 0.447. The van der Waals surface area contributed by atoms with Crippen LogP contribution in [0.2, 0.25) is 5.02 Å². The molecule has 1 aliphatic rings. The van der Waals surface area contributed by atoms with E-state index in [0.717, 1.165) is 28.5 Å². The number of benzene rings is 1. The van der Waals surface area contributed by atoms with Crippen LogP contribution in [0.25, 0.3) is 0 Å². The third kappa shape index (κ3) is 4.47. The minimum atomic E-state index is 0.790. The van der Waals surface area contributed by atoms with Gasteiger partial charge in [0.2, 0.25) is 0 Å². The number of halogens is 2. The molecule has 1 fully saturated rings. The van der Waals surface area contributed by atoms with Gasteiger partial charge < -0.3 is 5.32 Å². The van der Waals surface area contributed by atoms with Crippen LogP contribution in [0.3, 0.4) is 0 Å². The van der Waals surface area contributed by atoms with Gasteiger partial charge in [-0.25, -0.2) is 0 Å². The number of hydrogen-bond donors (Lipinski definition) is 1. The van der Waals surface area contributed by atoms with Gasteiger partial charge in [0.15, 0.2) is 0 Å². The van der Waals surface area contributed by atoms with Crippen LogP contribution in [0.4, 0.5) is 0 Å². The summed E-state index contributed by atoms with van der Waals surface area (Å²) in [5, 5.41) is 4.33. The summed E-state index contributed by atoms with van der Waals surface area (Å²) in [6.07, 6.45) is 2.72. The Labute approximate surface area is 121 Å². The van der Waals surface area contributed by atoms with Crippen molar-refractivity contribution in [1.82, 2.24) is 5.32 Å². The van der Waals surface area contributed by atoms with Crippen molar-refractivity contribution in [3.63, 3.8) is 0 Å². The van der Waals surface area contributed by atoms with Gasteiger partial charge in [0.05, 0.1) is 5.02 Å². The molecule has 1 N–H and O–H groups in total. The summed E-state index contributed by atoms with van der Waals surface area (Å²) in [5.41, 5.74) is 1.25. The smallest absolute Gasteiger partial charge is 0.0551 e. The van der Waals surface area contributed by atoms with Gasteiger partial charge in [0.1, 0.15) is 0 Å². The molecule has 1 aliphatic heterocycles. The maximum atomic E-state index is 6.06. The zero-order valence-electron chi connectivity index (χ0n) is 9.72. The van der Waals surface area contributed by atoms with Gasteiger partial charge in [0, 0.05) is 11.0 Å². The molecule has 0 aromatic heterocycles. The lowest BCUT2D eigenvalue weighted by Crippen LogP contribution is -2.25. The predicted octanol–water partition coefficient (Wildman–Crippen LogP) is 4.34. The zero-order valence-corrected chi connectivity index (χ0v) is 12.9. The second-order valence-electron chi connectivity index (χ2n) is 4.44. The lowest BCUT2D eigenvalue weighted by atomic mass is 10.0. The summed E-state index contributed by atoms with van der Waals surface area (Å²) in [5.74, 6) is 3.52. The topological polar surface area (TPSA) is 12.0 Å². The van der Waals surface area contributed by atoms with E-state index < -0.39 is 0 Å². The van der Waals surface area contributed by atoms with Crippen molar-refractivity contribution >= 4 is 39.3 Å². The van der Waals surface area contributed by atoms with Gasteiger partial charge in [-0.2, -0.15) is 11.8 Å². The van der Waals surface area contributed by atoms with Crippen LogP contribution in [-0.2, 0) is 6.54 Å². The molecular weight excluding hydrogens is 318 g/mol. The fraction of sp³-hybridized carbons (Fsp3) is 0.538.